The number of carbonyl (C=O) groups is 2. The molecule has 1 amide bonds. The van der Waals surface area contributed by atoms with Crippen molar-refractivity contribution in [3.63, 3.8) is 0 Å². The Kier molecular flexibility index (Phi) is 5.06. The van der Waals surface area contributed by atoms with Crippen molar-refractivity contribution in [2.75, 3.05) is 13.7 Å². The molecule has 0 aromatic carbocycles. The van der Waals surface area contributed by atoms with Gasteiger partial charge in [-0.2, -0.15) is 0 Å². The van der Waals surface area contributed by atoms with Crippen LogP contribution in [0, 0.1) is 5.92 Å². The fourth-order valence-electron chi connectivity index (χ4n) is 0.948. The number of esters is 1. The zero-order valence-corrected chi connectivity index (χ0v) is 8.16. The predicted octanol–water partition coefficient (Wildman–Crippen LogP) is -0.741. The average Bonchev–Trinajstić information content (AvgIpc) is 2.04. The molecule has 0 aliphatic heterocycles. The highest BCUT2D eigenvalue weighted by molar-refractivity contribution is 5.98. The van der Waals surface area contributed by atoms with Gasteiger partial charge in [0.05, 0.1) is 6.61 Å². The molecule has 0 aliphatic carbocycles. The largest absolute Gasteiger partial charge is 0.465 e. The third kappa shape index (κ3) is 3.42. The summed E-state index contributed by atoms with van der Waals surface area (Å²) in [6, 6.07) is -0.543. The lowest BCUT2D eigenvalue weighted by Crippen LogP contribution is -2.44. The summed E-state index contributed by atoms with van der Waals surface area (Å²) in [6.07, 6.45) is 0. The van der Waals surface area contributed by atoms with Crippen LogP contribution in [0.3, 0.4) is 0 Å². The van der Waals surface area contributed by atoms with E-state index < -0.39 is 23.8 Å². The number of ether oxygens (including phenoxy) is 1. The van der Waals surface area contributed by atoms with Crippen LogP contribution in [0.2, 0.25) is 0 Å². The van der Waals surface area contributed by atoms with Crippen LogP contribution in [0.4, 0.5) is 0 Å². The minimum atomic E-state index is -0.912. The first-order chi connectivity index (χ1) is 6.04. The van der Waals surface area contributed by atoms with Crippen molar-refractivity contribution >= 4 is 11.9 Å². The van der Waals surface area contributed by atoms with Crippen LogP contribution in [0.5, 0.6) is 0 Å². The van der Waals surface area contributed by atoms with E-state index in [0.29, 0.717) is 0 Å². The molecule has 2 unspecified atom stereocenters. The second-order valence-corrected chi connectivity index (χ2v) is 2.70. The maximum absolute atomic E-state index is 11.2. The molecule has 5 heteroatoms. The van der Waals surface area contributed by atoms with Gasteiger partial charge in [-0.25, -0.2) is 0 Å². The van der Waals surface area contributed by atoms with Gasteiger partial charge >= 0.3 is 5.97 Å². The molecule has 0 bridgehead atoms. The van der Waals surface area contributed by atoms with E-state index in [1.165, 1.54) is 7.05 Å². The Balaban J connectivity index is 4.41. The standard InChI is InChI=1S/C8H16N2O3/c1-4-13-8(12)6(5(2)9)7(11)10-3/h5-6H,4,9H2,1-3H3,(H,10,11). The van der Waals surface area contributed by atoms with E-state index in [1.54, 1.807) is 13.8 Å². The van der Waals surface area contributed by atoms with E-state index in [1.807, 2.05) is 0 Å². The third-order valence-corrected chi connectivity index (χ3v) is 1.60. The molecule has 0 spiro atoms. The molecular weight excluding hydrogens is 172 g/mol. The Morgan fingerprint density at radius 1 is 1.54 bits per heavy atom. The quantitative estimate of drug-likeness (QED) is 0.449. The molecule has 13 heavy (non-hydrogen) atoms. The second kappa shape index (κ2) is 5.53. The van der Waals surface area contributed by atoms with Gasteiger partial charge in [-0.15, -0.1) is 0 Å². The molecule has 0 aromatic rings. The summed E-state index contributed by atoms with van der Waals surface area (Å²) in [6.45, 7) is 3.52. The smallest absolute Gasteiger partial charge is 0.320 e. The van der Waals surface area contributed by atoms with Crippen LogP contribution in [0.25, 0.3) is 0 Å². The fourth-order valence-corrected chi connectivity index (χ4v) is 0.948. The number of amides is 1. The van der Waals surface area contributed by atoms with Crippen LogP contribution >= 0.6 is 0 Å². The number of hydrogen-bond donors (Lipinski definition) is 2. The van der Waals surface area contributed by atoms with Crippen LogP contribution in [-0.4, -0.2) is 31.6 Å². The molecular formula is C8H16N2O3. The summed E-state index contributed by atoms with van der Waals surface area (Å²) in [4.78, 5) is 22.4. The first-order valence-electron chi connectivity index (χ1n) is 4.18. The number of carbonyl (C=O) groups excluding carboxylic acids is 2. The molecule has 0 saturated heterocycles. The lowest BCUT2D eigenvalue weighted by Gasteiger charge is -2.16. The van der Waals surface area contributed by atoms with Gasteiger partial charge in [0.25, 0.3) is 0 Å². The third-order valence-electron chi connectivity index (χ3n) is 1.60. The summed E-state index contributed by atoms with van der Waals surface area (Å²) in [5, 5.41) is 2.37. The van der Waals surface area contributed by atoms with Crippen molar-refractivity contribution in [3.8, 4) is 0 Å². The molecule has 0 aromatic heterocycles. The molecule has 3 N–H and O–H groups in total. The first-order valence-corrected chi connectivity index (χ1v) is 4.18. The summed E-state index contributed by atoms with van der Waals surface area (Å²) in [5.41, 5.74) is 5.48. The van der Waals surface area contributed by atoms with Crippen molar-refractivity contribution < 1.29 is 14.3 Å². The van der Waals surface area contributed by atoms with Gasteiger partial charge in [-0.05, 0) is 13.8 Å². The topological polar surface area (TPSA) is 81.4 Å². The Labute approximate surface area is 77.6 Å². The fraction of sp³-hybridized carbons (Fsp3) is 0.750. The number of nitrogens with one attached hydrogen (secondary N) is 1. The highest BCUT2D eigenvalue weighted by Crippen LogP contribution is 2.04. The van der Waals surface area contributed by atoms with E-state index in [4.69, 9.17) is 10.5 Å². The van der Waals surface area contributed by atoms with E-state index >= 15 is 0 Å². The zero-order chi connectivity index (χ0) is 10.4. The van der Waals surface area contributed by atoms with E-state index in [2.05, 4.69) is 5.32 Å². The Hall–Kier alpha value is -1.10. The molecule has 5 nitrogen and oxygen atoms in total. The lowest BCUT2D eigenvalue weighted by atomic mass is 10.0. The lowest BCUT2D eigenvalue weighted by molar-refractivity contribution is -0.152. The monoisotopic (exact) mass is 188 g/mol. The van der Waals surface area contributed by atoms with Crippen LogP contribution in [0.1, 0.15) is 13.8 Å². The van der Waals surface area contributed by atoms with Crippen LogP contribution in [-0.2, 0) is 14.3 Å². The van der Waals surface area contributed by atoms with Gasteiger partial charge in [0.2, 0.25) is 5.91 Å². The van der Waals surface area contributed by atoms with Gasteiger partial charge < -0.3 is 15.8 Å². The normalized spacial score (nSPS) is 14.5. The highest BCUT2D eigenvalue weighted by atomic mass is 16.5. The van der Waals surface area contributed by atoms with Crippen LogP contribution < -0.4 is 11.1 Å². The molecule has 76 valence electrons. The first kappa shape index (κ1) is 11.9. The van der Waals surface area contributed by atoms with E-state index in [-0.39, 0.29) is 6.61 Å². The minimum absolute atomic E-state index is 0.249. The molecule has 0 radical (unpaired) electrons. The second-order valence-electron chi connectivity index (χ2n) is 2.70. The van der Waals surface area contributed by atoms with Gasteiger partial charge in [0.15, 0.2) is 0 Å². The van der Waals surface area contributed by atoms with Crippen molar-refractivity contribution in [1.82, 2.24) is 5.32 Å². The molecule has 2 atom stereocenters. The number of rotatable bonds is 4. The van der Waals surface area contributed by atoms with Gasteiger partial charge in [-0.3, -0.25) is 9.59 Å². The van der Waals surface area contributed by atoms with Crippen molar-refractivity contribution in [2.24, 2.45) is 11.7 Å². The average molecular weight is 188 g/mol. The Morgan fingerprint density at radius 3 is 2.38 bits per heavy atom. The molecule has 0 aliphatic rings. The Bertz CT molecular complexity index is 192. The predicted molar refractivity (Wildman–Crippen MR) is 47.8 cm³/mol. The van der Waals surface area contributed by atoms with E-state index in [9.17, 15) is 9.59 Å². The zero-order valence-electron chi connectivity index (χ0n) is 8.16. The molecule has 0 rings (SSSR count). The number of hydrogen-bond acceptors (Lipinski definition) is 4. The summed E-state index contributed by atoms with van der Waals surface area (Å²) >= 11 is 0. The molecule has 0 saturated carbocycles. The minimum Gasteiger partial charge on any atom is -0.465 e. The highest BCUT2D eigenvalue weighted by Gasteiger charge is 2.30. The molecule has 0 heterocycles. The number of nitrogens with two attached hydrogens (primary N) is 1. The van der Waals surface area contributed by atoms with Crippen molar-refractivity contribution in [3.05, 3.63) is 0 Å². The maximum Gasteiger partial charge on any atom is 0.320 e. The van der Waals surface area contributed by atoms with Crippen molar-refractivity contribution in [1.29, 1.82) is 0 Å². The summed E-state index contributed by atoms with van der Waals surface area (Å²) in [7, 11) is 1.46. The Morgan fingerprint density at radius 2 is 2.08 bits per heavy atom. The summed E-state index contributed by atoms with van der Waals surface area (Å²) < 4.78 is 4.71. The SMILES string of the molecule is CCOC(=O)C(C(=O)NC)C(C)N. The van der Waals surface area contributed by atoms with Gasteiger partial charge in [0.1, 0.15) is 5.92 Å². The van der Waals surface area contributed by atoms with Gasteiger partial charge in [0, 0.05) is 13.1 Å². The molecule has 0 fully saturated rings. The van der Waals surface area contributed by atoms with E-state index in [0.717, 1.165) is 0 Å². The summed E-state index contributed by atoms with van der Waals surface area (Å²) in [5.74, 6) is -1.89. The van der Waals surface area contributed by atoms with Crippen LogP contribution in [0.15, 0.2) is 0 Å². The maximum atomic E-state index is 11.2. The van der Waals surface area contributed by atoms with Crippen molar-refractivity contribution in [2.45, 2.75) is 19.9 Å². The van der Waals surface area contributed by atoms with Gasteiger partial charge in [-0.1, -0.05) is 0 Å².